The van der Waals surface area contributed by atoms with Crippen molar-refractivity contribution in [2.24, 2.45) is 0 Å². The van der Waals surface area contributed by atoms with E-state index >= 15 is 0 Å². The lowest BCUT2D eigenvalue weighted by Crippen LogP contribution is -2.34. The van der Waals surface area contributed by atoms with E-state index in [2.05, 4.69) is 20.3 Å². The van der Waals surface area contributed by atoms with Gasteiger partial charge in [-0.3, -0.25) is 4.79 Å². The van der Waals surface area contributed by atoms with Gasteiger partial charge in [-0.1, -0.05) is 11.3 Å². The SMILES string of the molecule is CS(=O)(=O)N1CCc2c(sc3ncnc(Nc4ccc5[nH]c(=O)sc5c4)c23)C1. The molecule has 0 fully saturated rings. The summed E-state index contributed by atoms with van der Waals surface area (Å²) in [5, 5.41) is 4.28. The van der Waals surface area contributed by atoms with E-state index in [1.807, 2.05) is 18.2 Å². The van der Waals surface area contributed by atoms with Crippen LogP contribution in [-0.4, -0.2) is 40.5 Å². The summed E-state index contributed by atoms with van der Waals surface area (Å²) in [6.45, 7) is 0.827. The fraction of sp³-hybridized carbons (Fsp3) is 0.235. The molecule has 0 saturated carbocycles. The van der Waals surface area contributed by atoms with Crippen LogP contribution in [0, 0.1) is 0 Å². The Labute approximate surface area is 167 Å². The van der Waals surface area contributed by atoms with Crippen LogP contribution in [0.4, 0.5) is 11.5 Å². The van der Waals surface area contributed by atoms with Gasteiger partial charge in [0.25, 0.3) is 0 Å². The number of fused-ring (bicyclic) bond motifs is 4. The van der Waals surface area contributed by atoms with Crippen LogP contribution >= 0.6 is 22.7 Å². The van der Waals surface area contributed by atoms with Gasteiger partial charge in [0, 0.05) is 23.7 Å². The van der Waals surface area contributed by atoms with Gasteiger partial charge in [-0.2, -0.15) is 4.31 Å². The number of thiazole rings is 1. The van der Waals surface area contributed by atoms with Crippen molar-refractivity contribution in [2.45, 2.75) is 13.0 Å². The zero-order valence-corrected chi connectivity index (χ0v) is 17.2. The first-order valence-corrected chi connectivity index (χ1v) is 12.0. The minimum atomic E-state index is -3.22. The molecule has 28 heavy (non-hydrogen) atoms. The summed E-state index contributed by atoms with van der Waals surface area (Å²) in [5.74, 6) is 0.692. The molecular formula is C17H15N5O3S3. The van der Waals surface area contributed by atoms with Crippen LogP contribution in [0.5, 0.6) is 0 Å². The van der Waals surface area contributed by atoms with Crippen LogP contribution in [0.1, 0.15) is 10.4 Å². The largest absolute Gasteiger partial charge is 0.340 e. The van der Waals surface area contributed by atoms with E-state index in [-0.39, 0.29) is 4.87 Å². The monoisotopic (exact) mass is 433 g/mol. The maximum Gasteiger partial charge on any atom is 0.305 e. The third kappa shape index (κ3) is 3.00. The van der Waals surface area contributed by atoms with Crippen LogP contribution < -0.4 is 10.2 Å². The standard InChI is InChI=1S/C17H15N5O3S3/c1-28(24,25)22-5-4-10-13(7-22)26-16-14(10)15(18-8-19-16)20-9-2-3-11-12(6-9)27-17(23)21-11/h2-3,6,8H,4-5,7H2,1H3,(H,21,23)(H,18,19,20). The van der Waals surface area contributed by atoms with Crippen LogP contribution in [0.2, 0.25) is 0 Å². The number of benzene rings is 1. The first kappa shape index (κ1) is 17.7. The summed E-state index contributed by atoms with van der Waals surface area (Å²) in [5.41, 5.74) is 2.74. The van der Waals surface area contributed by atoms with Crippen molar-refractivity contribution in [1.82, 2.24) is 19.3 Å². The number of aromatic nitrogens is 3. The average Bonchev–Trinajstić information content (AvgIpc) is 3.19. The summed E-state index contributed by atoms with van der Waals surface area (Å²) in [6, 6.07) is 5.67. The molecule has 1 aliphatic heterocycles. The molecule has 8 nitrogen and oxygen atoms in total. The van der Waals surface area contributed by atoms with Crippen LogP contribution in [0.25, 0.3) is 20.4 Å². The van der Waals surface area contributed by atoms with Crippen molar-refractivity contribution in [3.8, 4) is 0 Å². The van der Waals surface area contributed by atoms with Crippen molar-refractivity contribution >= 4 is 64.6 Å². The first-order valence-electron chi connectivity index (χ1n) is 8.49. The number of nitrogens with one attached hydrogen (secondary N) is 2. The Hall–Kier alpha value is -2.34. The van der Waals surface area contributed by atoms with E-state index in [4.69, 9.17) is 0 Å². The Kier molecular flexibility index (Phi) is 4.02. The van der Waals surface area contributed by atoms with Gasteiger partial charge >= 0.3 is 4.87 Å². The highest BCUT2D eigenvalue weighted by Gasteiger charge is 2.28. The highest BCUT2D eigenvalue weighted by atomic mass is 32.2. The lowest BCUT2D eigenvalue weighted by molar-refractivity contribution is 0.400. The van der Waals surface area contributed by atoms with Gasteiger partial charge in [-0.05, 0) is 30.2 Å². The van der Waals surface area contributed by atoms with E-state index in [0.717, 1.165) is 47.9 Å². The van der Waals surface area contributed by atoms with Gasteiger partial charge in [-0.25, -0.2) is 18.4 Å². The van der Waals surface area contributed by atoms with Crippen LogP contribution in [-0.2, 0) is 23.0 Å². The molecule has 144 valence electrons. The molecule has 4 heterocycles. The molecular weight excluding hydrogens is 418 g/mol. The van der Waals surface area contributed by atoms with Gasteiger partial charge in [-0.15, -0.1) is 11.3 Å². The second-order valence-corrected chi connectivity index (χ2v) is 10.7. The van der Waals surface area contributed by atoms with Crippen molar-refractivity contribution in [3.63, 3.8) is 0 Å². The second-order valence-electron chi connectivity index (χ2n) is 6.60. The maximum absolute atomic E-state index is 11.9. The van der Waals surface area contributed by atoms with Crippen molar-refractivity contribution < 1.29 is 8.42 Å². The van der Waals surface area contributed by atoms with E-state index in [1.54, 1.807) is 0 Å². The third-order valence-corrected chi connectivity index (χ3v) is 7.97. The molecule has 4 aromatic rings. The number of hydrogen-bond donors (Lipinski definition) is 2. The zero-order valence-electron chi connectivity index (χ0n) is 14.7. The Morgan fingerprint density at radius 1 is 1.25 bits per heavy atom. The lowest BCUT2D eigenvalue weighted by atomic mass is 10.1. The highest BCUT2D eigenvalue weighted by Crippen LogP contribution is 2.38. The van der Waals surface area contributed by atoms with Crippen LogP contribution in [0.15, 0.2) is 29.3 Å². The molecule has 0 radical (unpaired) electrons. The van der Waals surface area contributed by atoms with Crippen molar-refractivity contribution in [3.05, 3.63) is 44.6 Å². The molecule has 5 rings (SSSR count). The fourth-order valence-electron chi connectivity index (χ4n) is 3.44. The number of anilines is 2. The van der Waals surface area contributed by atoms with E-state index in [0.29, 0.717) is 25.3 Å². The number of H-pyrrole nitrogens is 1. The Morgan fingerprint density at radius 3 is 2.93 bits per heavy atom. The third-order valence-electron chi connectivity index (χ3n) is 4.75. The van der Waals surface area contributed by atoms with Crippen LogP contribution in [0.3, 0.4) is 0 Å². The molecule has 0 atom stereocenters. The van der Waals surface area contributed by atoms with Crippen molar-refractivity contribution in [1.29, 1.82) is 0 Å². The van der Waals surface area contributed by atoms with Gasteiger partial charge < -0.3 is 10.3 Å². The number of sulfonamides is 1. The summed E-state index contributed by atoms with van der Waals surface area (Å²) in [7, 11) is -3.22. The van der Waals surface area contributed by atoms with E-state index in [9.17, 15) is 13.2 Å². The number of rotatable bonds is 3. The number of aromatic amines is 1. The normalized spacial score (nSPS) is 15.2. The van der Waals surface area contributed by atoms with Gasteiger partial charge in [0.1, 0.15) is 17.0 Å². The minimum absolute atomic E-state index is 0.0843. The van der Waals surface area contributed by atoms with Crippen molar-refractivity contribution in [2.75, 3.05) is 18.1 Å². The quantitative estimate of drug-likeness (QED) is 0.514. The molecule has 11 heteroatoms. The Morgan fingerprint density at radius 2 is 2.11 bits per heavy atom. The molecule has 0 spiro atoms. The molecule has 3 aromatic heterocycles. The van der Waals surface area contributed by atoms with Gasteiger partial charge in [0.2, 0.25) is 10.0 Å². The number of thiophene rings is 1. The van der Waals surface area contributed by atoms with Gasteiger partial charge in [0.15, 0.2) is 0 Å². The summed E-state index contributed by atoms with van der Waals surface area (Å²) < 4.78 is 26.2. The smallest absolute Gasteiger partial charge is 0.305 e. The van der Waals surface area contributed by atoms with Gasteiger partial charge in [0.05, 0.1) is 21.9 Å². The lowest BCUT2D eigenvalue weighted by Gasteiger charge is -2.24. The molecule has 0 aliphatic carbocycles. The second kappa shape index (κ2) is 6.34. The first-order chi connectivity index (χ1) is 13.4. The molecule has 1 aliphatic rings. The molecule has 1 aromatic carbocycles. The molecule has 0 amide bonds. The molecule has 2 N–H and O–H groups in total. The summed E-state index contributed by atoms with van der Waals surface area (Å²) >= 11 is 2.67. The maximum atomic E-state index is 11.9. The summed E-state index contributed by atoms with van der Waals surface area (Å²) in [4.78, 5) is 24.9. The Bertz CT molecular complexity index is 1390. The molecule has 0 saturated heterocycles. The Balaban J connectivity index is 1.56. The fourth-order valence-corrected chi connectivity index (χ4v) is 6.29. The predicted octanol–water partition coefficient (Wildman–Crippen LogP) is 2.66. The average molecular weight is 434 g/mol. The number of hydrogen-bond acceptors (Lipinski definition) is 8. The topological polar surface area (TPSA) is 108 Å². The highest BCUT2D eigenvalue weighted by molar-refractivity contribution is 7.88. The number of nitrogens with zero attached hydrogens (tertiary/aromatic N) is 3. The summed E-state index contributed by atoms with van der Waals surface area (Å²) in [6.07, 6.45) is 3.38. The minimum Gasteiger partial charge on any atom is -0.340 e. The predicted molar refractivity (Wildman–Crippen MR) is 112 cm³/mol. The molecule has 0 unspecified atom stereocenters. The molecule has 0 bridgehead atoms. The van der Waals surface area contributed by atoms with E-state index < -0.39 is 10.0 Å². The van der Waals surface area contributed by atoms with E-state index in [1.165, 1.54) is 28.2 Å². The zero-order chi connectivity index (χ0) is 19.5.